The summed E-state index contributed by atoms with van der Waals surface area (Å²) in [7, 11) is 0. The van der Waals surface area contributed by atoms with Crippen molar-refractivity contribution >= 4 is 17.7 Å². The second-order valence-electron chi connectivity index (χ2n) is 3.74. The standard InChI is InChI=1S/C13H14N2O2S/c1-2-10-5-3-4-6-11(10)15-8-7-14-13(15)18-9-12(16)17/h3-8H,2,9H2,1H3,(H,16,17). The van der Waals surface area contributed by atoms with Crippen molar-refractivity contribution in [2.24, 2.45) is 0 Å². The first-order chi connectivity index (χ1) is 8.72. The molecule has 2 rings (SSSR count). The molecule has 1 aromatic carbocycles. The Hall–Kier alpha value is -1.75. The van der Waals surface area contributed by atoms with Crippen LogP contribution in [0.15, 0.2) is 41.8 Å². The predicted molar refractivity (Wildman–Crippen MR) is 71.3 cm³/mol. The second-order valence-corrected chi connectivity index (χ2v) is 4.69. The van der Waals surface area contributed by atoms with Crippen molar-refractivity contribution in [1.29, 1.82) is 0 Å². The van der Waals surface area contributed by atoms with Gasteiger partial charge in [0.2, 0.25) is 0 Å². The van der Waals surface area contributed by atoms with Gasteiger partial charge in [-0.15, -0.1) is 0 Å². The van der Waals surface area contributed by atoms with Crippen LogP contribution >= 0.6 is 11.8 Å². The molecule has 0 bridgehead atoms. The molecule has 1 heterocycles. The predicted octanol–water partition coefficient (Wildman–Crippen LogP) is 2.61. The maximum absolute atomic E-state index is 10.6. The molecular weight excluding hydrogens is 248 g/mol. The average Bonchev–Trinajstić information content (AvgIpc) is 2.84. The van der Waals surface area contributed by atoms with Gasteiger partial charge in [0.05, 0.1) is 11.4 Å². The van der Waals surface area contributed by atoms with Gasteiger partial charge in [0, 0.05) is 12.4 Å². The van der Waals surface area contributed by atoms with Crippen LogP contribution in [0.4, 0.5) is 0 Å². The molecule has 0 saturated carbocycles. The summed E-state index contributed by atoms with van der Waals surface area (Å²) < 4.78 is 1.94. The quantitative estimate of drug-likeness (QED) is 0.842. The molecule has 1 aromatic heterocycles. The molecule has 0 radical (unpaired) electrons. The fraction of sp³-hybridized carbons (Fsp3) is 0.231. The Morgan fingerprint density at radius 1 is 1.44 bits per heavy atom. The van der Waals surface area contributed by atoms with Crippen LogP contribution in [0, 0.1) is 0 Å². The Morgan fingerprint density at radius 2 is 2.22 bits per heavy atom. The van der Waals surface area contributed by atoms with Crippen LogP contribution in [-0.2, 0) is 11.2 Å². The third kappa shape index (κ3) is 2.73. The maximum atomic E-state index is 10.6. The van der Waals surface area contributed by atoms with Gasteiger partial charge in [-0.2, -0.15) is 0 Å². The number of thioether (sulfide) groups is 1. The van der Waals surface area contributed by atoms with Crippen LogP contribution in [0.5, 0.6) is 0 Å². The Labute approximate surface area is 110 Å². The van der Waals surface area contributed by atoms with Crippen LogP contribution in [0.1, 0.15) is 12.5 Å². The number of aromatic nitrogens is 2. The van der Waals surface area contributed by atoms with Gasteiger partial charge in [0.1, 0.15) is 0 Å². The van der Waals surface area contributed by atoms with Gasteiger partial charge in [-0.05, 0) is 18.1 Å². The summed E-state index contributed by atoms with van der Waals surface area (Å²) in [4.78, 5) is 14.8. The fourth-order valence-electron chi connectivity index (χ4n) is 1.75. The maximum Gasteiger partial charge on any atom is 0.313 e. The zero-order valence-electron chi connectivity index (χ0n) is 10.0. The van der Waals surface area contributed by atoms with E-state index in [9.17, 15) is 4.79 Å². The molecule has 0 atom stereocenters. The highest BCUT2D eigenvalue weighted by molar-refractivity contribution is 7.99. The summed E-state index contributed by atoms with van der Waals surface area (Å²) in [5.74, 6) is -0.816. The first kappa shape index (κ1) is 12.7. The number of benzene rings is 1. The van der Waals surface area contributed by atoms with E-state index >= 15 is 0 Å². The number of para-hydroxylation sites is 1. The highest BCUT2D eigenvalue weighted by Gasteiger charge is 2.10. The molecule has 4 nitrogen and oxygen atoms in total. The van der Waals surface area contributed by atoms with Gasteiger partial charge in [-0.3, -0.25) is 9.36 Å². The molecule has 94 valence electrons. The number of rotatable bonds is 5. The first-order valence-electron chi connectivity index (χ1n) is 5.68. The van der Waals surface area contributed by atoms with Crippen molar-refractivity contribution < 1.29 is 9.90 Å². The molecule has 5 heteroatoms. The largest absolute Gasteiger partial charge is 0.481 e. The van der Waals surface area contributed by atoms with Crippen molar-refractivity contribution in [3.63, 3.8) is 0 Å². The lowest BCUT2D eigenvalue weighted by atomic mass is 10.1. The minimum atomic E-state index is -0.835. The lowest BCUT2D eigenvalue weighted by Crippen LogP contribution is -2.03. The molecule has 0 amide bonds. The van der Waals surface area contributed by atoms with Crippen molar-refractivity contribution in [2.75, 3.05) is 5.75 Å². The molecule has 1 N–H and O–H groups in total. The van der Waals surface area contributed by atoms with Gasteiger partial charge in [-0.25, -0.2) is 4.98 Å². The Morgan fingerprint density at radius 3 is 2.94 bits per heavy atom. The molecule has 0 aliphatic rings. The normalized spacial score (nSPS) is 10.5. The van der Waals surface area contributed by atoms with E-state index < -0.39 is 5.97 Å². The van der Waals surface area contributed by atoms with Crippen molar-refractivity contribution in [2.45, 2.75) is 18.5 Å². The average molecular weight is 262 g/mol. The summed E-state index contributed by atoms with van der Waals surface area (Å²) in [6.07, 6.45) is 4.48. The molecule has 0 spiro atoms. The monoisotopic (exact) mass is 262 g/mol. The summed E-state index contributed by atoms with van der Waals surface area (Å²) in [6.45, 7) is 2.10. The van der Waals surface area contributed by atoms with E-state index in [2.05, 4.69) is 18.0 Å². The van der Waals surface area contributed by atoms with Crippen molar-refractivity contribution in [1.82, 2.24) is 9.55 Å². The lowest BCUT2D eigenvalue weighted by Gasteiger charge is -2.11. The number of hydrogen-bond acceptors (Lipinski definition) is 3. The Bertz CT molecular complexity index is 551. The van der Waals surface area contributed by atoms with Crippen LogP contribution in [0.3, 0.4) is 0 Å². The zero-order chi connectivity index (χ0) is 13.0. The van der Waals surface area contributed by atoms with E-state index in [1.54, 1.807) is 6.20 Å². The van der Waals surface area contributed by atoms with E-state index in [0.717, 1.165) is 12.1 Å². The molecule has 0 fully saturated rings. The van der Waals surface area contributed by atoms with E-state index in [4.69, 9.17) is 5.11 Å². The van der Waals surface area contributed by atoms with Gasteiger partial charge in [0.25, 0.3) is 0 Å². The summed E-state index contributed by atoms with van der Waals surface area (Å²) in [6, 6.07) is 8.07. The van der Waals surface area contributed by atoms with Gasteiger partial charge < -0.3 is 5.11 Å². The molecule has 2 aromatic rings. The SMILES string of the molecule is CCc1ccccc1-n1ccnc1SCC(=O)O. The molecule has 0 aliphatic heterocycles. The van der Waals surface area contributed by atoms with E-state index in [-0.39, 0.29) is 5.75 Å². The van der Waals surface area contributed by atoms with Crippen LogP contribution in [0.2, 0.25) is 0 Å². The zero-order valence-corrected chi connectivity index (χ0v) is 10.9. The van der Waals surface area contributed by atoms with Crippen molar-refractivity contribution in [3.8, 4) is 5.69 Å². The lowest BCUT2D eigenvalue weighted by molar-refractivity contribution is -0.133. The summed E-state index contributed by atoms with van der Waals surface area (Å²) >= 11 is 1.23. The third-order valence-electron chi connectivity index (χ3n) is 2.56. The van der Waals surface area contributed by atoms with E-state index in [1.165, 1.54) is 17.3 Å². The highest BCUT2D eigenvalue weighted by atomic mass is 32.2. The molecule has 18 heavy (non-hydrogen) atoms. The van der Waals surface area contributed by atoms with Gasteiger partial charge >= 0.3 is 5.97 Å². The number of carboxylic acid groups (broad SMARTS) is 1. The number of imidazole rings is 1. The van der Waals surface area contributed by atoms with Crippen molar-refractivity contribution in [3.05, 3.63) is 42.2 Å². The van der Waals surface area contributed by atoms with Crippen LogP contribution in [-0.4, -0.2) is 26.4 Å². The van der Waals surface area contributed by atoms with Gasteiger partial charge in [0.15, 0.2) is 5.16 Å². The Kier molecular flexibility index (Phi) is 4.04. The first-order valence-corrected chi connectivity index (χ1v) is 6.67. The van der Waals surface area contributed by atoms with Gasteiger partial charge in [-0.1, -0.05) is 36.9 Å². The minimum Gasteiger partial charge on any atom is -0.481 e. The topological polar surface area (TPSA) is 55.1 Å². The molecular formula is C13H14N2O2S. The number of aryl methyl sites for hydroxylation is 1. The molecule has 0 unspecified atom stereocenters. The van der Waals surface area contributed by atoms with E-state index in [1.807, 2.05) is 29.0 Å². The smallest absolute Gasteiger partial charge is 0.313 e. The number of aliphatic carboxylic acids is 1. The van der Waals surface area contributed by atoms with E-state index in [0.29, 0.717) is 5.16 Å². The Balaban J connectivity index is 2.33. The number of carbonyl (C=O) groups is 1. The third-order valence-corrected chi connectivity index (χ3v) is 3.52. The minimum absolute atomic E-state index is 0.0192. The highest BCUT2D eigenvalue weighted by Crippen LogP contribution is 2.23. The summed E-state index contributed by atoms with van der Waals surface area (Å²) in [5.41, 5.74) is 2.28. The number of hydrogen-bond donors (Lipinski definition) is 1. The molecule has 0 aliphatic carbocycles. The summed E-state index contributed by atoms with van der Waals surface area (Å²) in [5, 5.41) is 9.42. The molecule has 0 saturated heterocycles. The number of carboxylic acids is 1. The van der Waals surface area contributed by atoms with Crippen LogP contribution < -0.4 is 0 Å². The number of nitrogens with zero attached hydrogens (tertiary/aromatic N) is 2. The van der Waals surface area contributed by atoms with Crippen LogP contribution in [0.25, 0.3) is 5.69 Å². The fourth-order valence-corrected chi connectivity index (χ4v) is 2.44. The second kappa shape index (κ2) is 5.73.